The standard InChI is InChI=1S/C17H17ClN2O.C4H4O4/c1-3-15-13(11-20-2)5-4-6-16(15)21-17-9-14(18)8-7-12(17)10-19;5-3(6)1-2-4(7)8/h4-9,20H,3,11H2,1-2H3;1-2H,(H,5,6)(H,7,8)/b;2-1+. The number of halogens is 1. The SMILES string of the molecule is CCc1c(CNC)cccc1Oc1cc(Cl)ccc1C#N.O=C(O)/C=C/C(=O)O. The summed E-state index contributed by atoms with van der Waals surface area (Å²) in [5.74, 6) is -1.26. The van der Waals surface area contributed by atoms with E-state index in [0.717, 1.165) is 24.3 Å². The van der Waals surface area contributed by atoms with Gasteiger partial charge in [-0.15, -0.1) is 0 Å². The molecule has 0 unspecified atom stereocenters. The molecule has 0 aromatic heterocycles. The van der Waals surface area contributed by atoms with Crippen LogP contribution in [0.15, 0.2) is 48.6 Å². The quantitative estimate of drug-likeness (QED) is 0.583. The molecule has 0 spiro atoms. The summed E-state index contributed by atoms with van der Waals surface area (Å²) in [7, 11) is 1.91. The molecule has 0 fully saturated rings. The van der Waals surface area contributed by atoms with Crippen molar-refractivity contribution in [2.24, 2.45) is 0 Å². The van der Waals surface area contributed by atoms with E-state index in [1.807, 2.05) is 19.2 Å². The van der Waals surface area contributed by atoms with Crippen LogP contribution in [0.25, 0.3) is 0 Å². The van der Waals surface area contributed by atoms with Gasteiger partial charge < -0.3 is 20.3 Å². The summed E-state index contributed by atoms with van der Waals surface area (Å²) in [5, 5.41) is 28.5. The van der Waals surface area contributed by atoms with Gasteiger partial charge >= 0.3 is 11.9 Å². The first-order chi connectivity index (χ1) is 13.8. The van der Waals surface area contributed by atoms with Crippen molar-refractivity contribution >= 4 is 23.5 Å². The van der Waals surface area contributed by atoms with E-state index >= 15 is 0 Å². The Morgan fingerprint density at radius 1 is 1.17 bits per heavy atom. The molecule has 0 atom stereocenters. The molecule has 0 saturated heterocycles. The van der Waals surface area contributed by atoms with E-state index in [9.17, 15) is 9.59 Å². The fourth-order valence-corrected chi connectivity index (χ4v) is 2.56. The Labute approximate surface area is 173 Å². The third-order valence-corrected chi connectivity index (χ3v) is 3.84. The highest BCUT2D eigenvalue weighted by Crippen LogP contribution is 2.32. The molecule has 7 nitrogen and oxygen atoms in total. The number of hydrogen-bond donors (Lipinski definition) is 3. The van der Waals surface area contributed by atoms with Crippen LogP contribution in [0.5, 0.6) is 11.5 Å². The third-order valence-electron chi connectivity index (χ3n) is 3.60. The molecule has 0 aliphatic carbocycles. The first-order valence-corrected chi connectivity index (χ1v) is 8.96. The van der Waals surface area contributed by atoms with Gasteiger partial charge in [-0.05, 0) is 42.8 Å². The van der Waals surface area contributed by atoms with Crippen molar-refractivity contribution in [3.8, 4) is 17.6 Å². The summed E-state index contributed by atoms with van der Waals surface area (Å²) in [5.41, 5.74) is 2.80. The lowest BCUT2D eigenvalue weighted by Crippen LogP contribution is -2.08. The van der Waals surface area contributed by atoms with E-state index in [1.54, 1.807) is 18.2 Å². The van der Waals surface area contributed by atoms with Crippen LogP contribution in [-0.4, -0.2) is 29.2 Å². The van der Waals surface area contributed by atoms with Crippen molar-refractivity contribution < 1.29 is 24.5 Å². The van der Waals surface area contributed by atoms with Gasteiger partial charge in [-0.1, -0.05) is 30.7 Å². The van der Waals surface area contributed by atoms with Gasteiger partial charge in [-0.25, -0.2) is 9.59 Å². The number of carboxylic acid groups (broad SMARTS) is 2. The second kappa shape index (κ2) is 12.2. The number of rotatable bonds is 7. The van der Waals surface area contributed by atoms with Gasteiger partial charge in [0.1, 0.15) is 17.6 Å². The Morgan fingerprint density at radius 3 is 2.34 bits per heavy atom. The molecule has 0 aliphatic rings. The lowest BCUT2D eigenvalue weighted by molar-refractivity contribution is -0.134. The van der Waals surface area contributed by atoms with Crippen LogP contribution in [0.3, 0.4) is 0 Å². The van der Waals surface area contributed by atoms with Crippen molar-refractivity contribution in [1.82, 2.24) is 5.32 Å². The zero-order valence-electron chi connectivity index (χ0n) is 16.0. The number of carbonyl (C=O) groups is 2. The van der Waals surface area contributed by atoms with E-state index in [4.69, 9.17) is 31.8 Å². The Hall–Kier alpha value is -3.34. The predicted molar refractivity (Wildman–Crippen MR) is 109 cm³/mol. The smallest absolute Gasteiger partial charge is 0.328 e. The lowest BCUT2D eigenvalue weighted by atomic mass is 10.0. The zero-order valence-corrected chi connectivity index (χ0v) is 16.7. The van der Waals surface area contributed by atoms with Gasteiger partial charge in [0.25, 0.3) is 0 Å². The van der Waals surface area contributed by atoms with Crippen LogP contribution in [0.4, 0.5) is 0 Å². The van der Waals surface area contributed by atoms with Gasteiger partial charge in [0, 0.05) is 29.8 Å². The number of aliphatic carboxylic acids is 2. The van der Waals surface area contributed by atoms with E-state index in [2.05, 4.69) is 24.4 Å². The Balaban J connectivity index is 0.000000447. The number of benzene rings is 2. The van der Waals surface area contributed by atoms with E-state index in [0.29, 0.717) is 28.5 Å². The first kappa shape index (κ1) is 23.7. The second-order valence-electron chi connectivity index (χ2n) is 5.64. The van der Waals surface area contributed by atoms with Gasteiger partial charge in [0.2, 0.25) is 0 Å². The maximum absolute atomic E-state index is 9.55. The molecule has 2 aromatic rings. The van der Waals surface area contributed by atoms with Gasteiger partial charge in [0.15, 0.2) is 0 Å². The first-order valence-electron chi connectivity index (χ1n) is 8.59. The molecule has 2 aromatic carbocycles. The molecule has 29 heavy (non-hydrogen) atoms. The van der Waals surface area contributed by atoms with E-state index in [1.165, 1.54) is 5.56 Å². The maximum Gasteiger partial charge on any atom is 0.328 e. The molecule has 0 heterocycles. The summed E-state index contributed by atoms with van der Waals surface area (Å²) < 4.78 is 5.96. The second-order valence-corrected chi connectivity index (χ2v) is 6.08. The number of nitriles is 1. The molecular weight excluding hydrogens is 396 g/mol. The predicted octanol–water partition coefficient (Wildman–Crippen LogP) is 4.00. The van der Waals surface area contributed by atoms with E-state index in [-0.39, 0.29) is 0 Å². The van der Waals surface area contributed by atoms with Crippen LogP contribution < -0.4 is 10.1 Å². The minimum Gasteiger partial charge on any atom is -0.478 e. The topological polar surface area (TPSA) is 120 Å². The van der Waals surface area contributed by atoms with Crippen LogP contribution in [-0.2, 0) is 22.6 Å². The summed E-state index contributed by atoms with van der Waals surface area (Å²) in [6.45, 7) is 2.87. The highest BCUT2D eigenvalue weighted by molar-refractivity contribution is 6.30. The molecule has 3 N–H and O–H groups in total. The van der Waals surface area contributed by atoms with Crippen molar-refractivity contribution in [1.29, 1.82) is 5.26 Å². The Kier molecular flexibility index (Phi) is 9.96. The Morgan fingerprint density at radius 2 is 1.83 bits per heavy atom. The van der Waals surface area contributed by atoms with Crippen LogP contribution >= 0.6 is 11.6 Å². The number of nitrogens with one attached hydrogen (secondary N) is 1. The fraction of sp³-hybridized carbons (Fsp3) is 0.190. The summed E-state index contributed by atoms with van der Waals surface area (Å²) >= 11 is 6.00. The van der Waals surface area contributed by atoms with Gasteiger partial charge in [-0.3, -0.25) is 0 Å². The average Bonchev–Trinajstić information content (AvgIpc) is 2.68. The number of nitrogens with zero attached hydrogens (tertiary/aromatic N) is 1. The minimum absolute atomic E-state index is 0.473. The zero-order chi connectivity index (χ0) is 21.8. The monoisotopic (exact) mass is 416 g/mol. The average molecular weight is 417 g/mol. The molecular formula is C21H21ClN2O5. The van der Waals surface area contributed by atoms with Crippen molar-refractivity contribution in [2.45, 2.75) is 19.9 Å². The number of hydrogen-bond acceptors (Lipinski definition) is 5. The summed E-state index contributed by atoms with van der Waals surface area (Å²) in [6.07, 6.45) is 1.97. The summed E-state index contributed by atoms with van der Waals surface area (Å²) in [6, 6.07) is 13.1. The minimum atomic E-state index is -1.26. The van der Waals surface area contributed by atoms with Crippen molar-refractivity contribution in [2.75, 3.05) is 7.05 Å². The highest BCUT2D eigenvalue weighted by Gasteiger charge is 2.11. The fourth-order valence-electron chi connectivity index (χ4n) is 2.40. The van der Waals surface area contributed by atoms with Gasteiger partial charge in [0.05, 0.1) is 5.56 Å². The van der Waals surface area contributed by atoms with Crippen molar-refractivity contribution in [3.05, 3.63) is 70.3 Å². The molecule has 2 rings (SSSR count). The largest absolute Gasteiger partial charge is 0.478 e. The maximum atomic E-state index is 9.55. The highest BCUT2D eigenvalue weighted by atomic mass is 35.5. The molecule has 0 saturated carbocycles. The molecule has 0 aliphatic heterocycles. The lowest BCUT2D eigenvalue weighted by Gasteiger charge is -2.15. The van der Waals surface area contributed by atoms with Crippen LogP contribution in [0.1, 0.15) is 23.6 Å². The molecule has 0 bridgehead atoms. The Bertz CT molecular complexity index is 919. The van der Waals surface area contributed by atoms with Gasteiger partial charge in [-0.2, -0.15) is 5.26 Å². The number of ether oxygens (including phenoxy) is 1. The van der Waals surface area contributed by atoms with Crippen molar-refractivity contribution in [3.63, 3.8) is 0 Å². The number of carboxylic acids is 2. The van der Waals surface area contributed by atoms with Crippen LogP contribution in [0.2, 0.25) is 5.02 Å². The van der Waals surface area contributed by atoms with E-state index < -0.39 is 11.9 Å². The molecule has 0 amide bonds. The van der Waals surface area contributed by atoms with Crippen LogP contribution in [0, 0.1) is 11.3 Å². The molecule has 8 heteroatoms. The molecule has 152 valence electrons. The molecule has 0 radical (unpaired) electrons. The normalized spacial score (nSPS) is 10.0. The third kappa shape index (κ3) is 8.05. The summed E-state index contributed by atoms with van der Waals surface area (Å²) in [4.78, 5) is 19.1.